The van der Waals surface area contributed by atoms with E-state index in [9.17, 15) is 14.4 Å². The SMILES string of the molecule is C[n+]1ccc(/C=C2/C=CN(CC(=O)N(CC(=O)OC(C)(C)C)[C@H]3CCC[C@@H]3NC(=O)OC(C)(C)C)c3ccccc32)c2ccccc21. The van der Waals surface area contributed by atoms with Crippen LogP contribution in [0.4, 0.5) is 10.5 Å². The summed E-state index contributed by atoms with van der Waals surface area (Å²) in [6.45, 7) is 10.6. The minimum atomic E-state index is -0.700. The number of rotatable bonds is 7. The lowest BCUT2D eigenvalue weighted by molar-refractivity contribution is -0.644. The molecule has 0 bridgehead atoms. The number of amides is 2. The normalized spacial score (nSPS) is 18.6. The second kappa shape index (κ2) is 13.6. The number of para-hydroxylation sites is 2. The minimum absolute atomic E-state index is 0.0172. The van der Waals surface area contributed by atoms with Gasteiger partial charge >= 0.3 is 12.1 Å². The maximum atomic E-state index is 14.2. The minimum Gasteiger partial charge on any atom is -0.459 e. The van der Waals surface area contributed by atoms with Crippen molar-refractivity contribution in [2.75, 3.05) is 18.0 Å². The number of aryl methyl sites for hydroxylation is 1. The number of alkyl carbamates (subject to hydrolysis) is 1. The number of benzene rings is 2. The molecule has 2 atom stereocenters. The molecule has 5 rings (SSSR count). The Morgan fingerprint density at radius 1 is 0.957 bits per heavy atom. The largest absolute Gasteiger partial charge is 0.459 e. The number of hydrogen-bond donors (Lipinski definition) is 1. The molecule has 0 spiro atoms. The van der Waals surface area contributed by atoms with Gasteiger partial charge in [-0.1, -0.05) is 30.3 Å². The molecule has 1 aliphatic heterocycles. The van der Waals surface area contributed by atoms with Gasteiger partial charge in [-0.25, -0.2) is 9.36 Å². The van der Waals surface area contributed by atoms with Crippen molar-refractivity contribution in [1.29, 1.82) is 0 Å². The van der Waals surface area contributed by atoms with E-state index in [1.54, 1.807) is 25.7 Å². The molecule has 0 unspecified atom stereocenters. The predicted molar refractivity (Wildman–Crippen MR) is 184 cm³/mol. The Morgan fingerprint density at radius 3 is 2.40 bits per heavy atom. The van der Waals surface area contributed by atoms with E-state index in [1.165, 1.54) is 0 Å². The van der Waals surface area contributed by atoms with Crippen molar-refractivity contribution >= 4 is 46.2 Å². The van der Waals surface area contributed by atoms with Gasteiger partial charge in [-0.3, -0.25) is 9.59 Å². The van der Waals surface area contributed by atoms with Crippen molar-refractivity contribution in [2.45, 2.75) is 84.1 Å². The van der Waals surface area contributed by atoms with Gasteiger partial charge < -0.3 is 24.6 Å². The zero-order valence-electron chi connectivity index (χ0n) is 28.6. The first kappa shape index (κ1) is 33.7. The quantitative estimate of drug-likeness (QED) is 0.246. The number of aromatic nitrogens is 1. The molecule has 0 saturated heterocycles. The van der Waals surface area contributed by atoms with Crippen LogP contribution in [0.1, 0.15) is 71.9 Å². The fourth-order valence-corrected chi connectivity index (χ4v) is 6.33. The van der Waals surface area contributed by atoms with E-state index in [1.807, 2.05) is 75.3 Å². The molecule has 1 aliphatic carbocycles. The third kappa shape index (κ3) is 8.39. The van der Waals surface area contributed by atoms with Crippen LogP contribution in [0.5, 0.6) is 0 Å². The van der Waals surface area contributed by atoms with Crippen molar-refractivity contribution in [3.05, 3.63) is 84.2 Å². The summed E-state index contributed by atoms with van der Waals surface area (Å²) >= 11 is 0. The topological polar surface area (TPSA) is 92.1 Å². The van der Waals surface area contributed by atoms with Gasteiger partial charge in [0.05, 0.1) is 17.5 Å². The van der Waals surface area contributed by atoms with Crippen molar-refractivity contribution in [3.8, 4) is 0 Å². The van der Waals surface area contributed by atoms with E-state index < -0.39 is 23.3 Å². The third-order valence-corrected chi connectivity index (χ3v) is 8.27. The monoisotopic (exact) mass is 639 g/mol. The molecule has 1 aromatic heterocycles. The van der Waals surface area contributed by atoms with Crippen LogP contribution in [0.15, 0.2) is 73.1 Å². The average molecular weight is 640 g/mol. The lowest BCUT2D eigenvalue weighted by Crippen LogP contribution is -2.55. The number of allylic oxidation sites excluding steroid dienone is 2. The molecule has 9 nitrogen and oxygen atoms in total. The first-order valence-corrected chi connectivity index (χ1v) is 16.3. The van der Waals surface area contributed by atoms with Gasteiger partial charge in [-0.2, -0.15) is 0 Å². The van der Waals surface area contributed by atoms with E-state index in [0.717, 1.165) is 39.7 Å². The lowest BCUT2D eigenvalue weighted by Gasteiger charge is -2.36. The molecule has 9 heteroatoms. The van der Waals surface area contributed by atoms with Crippen molar-refractivity contribution in [3.63, 3.8) is 0 Å². The van der Waals surface area contributed by atoms with Crippen molar-refractivity contribution in [1.82, 2.24) is 10.2 Å². The summed E-state index contributed by atoms with van der Waals surface area (Å²) in [5, 5.41) is 4.11. The smallest absolute Gasteiger partial charge is 0.407 e. The molecule has 2 aliphatic rings. The predicted octanol–water partition coefficient (Wildman–Crippen LogP) is 6.15. The molecule has 2 aromatic carbocycles. The number of nitrogens with zero attached hydrogens (tertiary/aromatic N) is 3. The van der Waals surface area contributed by atoms with Crippen LogP contribution in [-0.2, 0) is 26.1 Å². The van der Waals surface area contributed by atoms with Gasteiger partial charge in [0.25, 0.3) is 0 Å². The highest BCUT2D eigenvalue weighted by Crippen LogP contribution is 2.35. The number of carbonyl (C=O) groups excluding carboxylic acids is 3. The van der Waals surface area contributed by atoms with E-state index in [2.05, 4.69) is 46.4 Å². The van der Waals surface area contributed by atoms with Crippen LogP contribution in [0.25, 0.3) is 22.6 Å². The molecule has 47 heavy (non-hydrogen) atoms. The van der Waals surface area contributed by atoms with Gasteiger partial charge in [-0.15, -0.1) is 0 Å². The van der Waals surface area contributed by atoms with Crippen LogP contribution in [0, 0.1) is 0 Å². The number of ether oxygens (including phenoxy) is 2. The molecule has 3 aromatic rings. The number of hydrogen-bond acceptors (Lipinski definition) is 6. The highest BCUT2D eigenvalue weighted by atomic mass is 16.6. The molecule has 1 fully saturated rings. The second-order valence-electron chi connectivity index (χ2n) is 14.3. The van der Waals surface area contributed by atoms with Gasteiger partial charge in [0.1, 0.15) is 31.3 Å². The zero-order valence-corrected chi connectivity index (χ0v) is 28.6. The molecule has 0 radical (unpaired) electrons. The Bertz CT molecular complexity index is 1710. The average Bonchev–Trinajstić information content (AvgIpc) is 3.44. The summed E-state index contributed by atoms with van der Waals surface area (Å²) in [7, 11) is 2.04. The molecule has 2 heterocycles. The van der Waals surface area contributed by atoms with Crippen molar-refractivity contribution < 1.29 is 28.4 Å². The van der Waals surface area contributed by atoms with Gasteiger partial charge in [0, 0.05) is 29.6 Å². The highest BCUT2D eigenvalue weighted by Gasteiger charge is 2.38. The molecular weight excluding hydrogens is 592 g/mol. The van der Waals surface area contributed by atoms with Crippen molar-refractivity contribution in [2.24, 2.45) is 7.05 Å². The second-order valence-corrected chi connectivity index (χ2v) is 14.3. The number of fused-ring (bicyclic) bond motifs is 2. The molecule has 1 N–H and O–H groups in total. The van der Waals surface area contributed by atoms with Gasteiger partial charge in [-0.05, 0) is 96.2 Å². The Hall–Kier alpha value is -4.66. The van der Waals surface area contributed by atoms with Gasteiger partial charge in [0.2, 0.25) is 11.4 Å². The fraction of sp³-hybridized carbons (Fsp3) is 0.421. The molecule has 248 valence electrons. The van der Waals surface area contributed by atoms with Crippen LogP contribution < -0.4 is 14.8 Å². The fourth-order valence-electron chi connectivity index (χ4n) is 6.33. The molecule has 1 saturated carbocycles. The number of anilines is 1. The number of nitrogens with one attached hydrogen (secondary N) is 1. The van der Waals surface area contributed by atoms with E-state index in [4.69, 9.17) is 9.47 Å². The Labute approximate surface area is 277 Å². The van der Waals surface area contributed by atoms with Crippen LogP contribution in [0.2, 0.25) is 0 Å². The first-order chi connectivity index (χ1) is 22.2. The number of carbonyl (C=O) groups is 3. The van der Waals surface area contributed by atoms with Gasteiger partial charge in [0.15, 0.2) is 6.20 Å². The van der Waals surface area contributed by atoms with E-state index >= 15 is 0 Å². The van der Waals surface area contributed by atoms with E-state index in [0.29, 0.717) is 12.8 Å². The Kier molecular flexibility index (Phi) is 9.75. The lowest BCUT2D eigenvalue weighted by atomic mass is 9.96. The number of esters is 1. The van der Waals surface area contributed by atoms with Crippen LogP contribution >= 0.6 is 0 Å². The Balaban J connectivity index is 1.42. The summed E-state index contributed by atoms with van der Waals surface area (Å²) in [6.07, 6.45) is 9.78. The Morgan fingerprint density at radius 2 is 1.66 bits per heavy atom. The first-order valence-electron chi connectivity index (χ1n) is 16.3. The van der Waals surface area contributed by atoms with E-state index in [-0.39, 0.29) is 31.1 Å². The summed E-state index contributed by atoms with van der Waals surface area (Å²) in [5.74, 6) is -0.718. The molecule has 2 amide bonds. The summed E-state index contributed by atoms with van der Waals surface area (Å²) < 4.78 is 13.2. The number of pyridine rings is 1. The molecular formula is C38H47N4O5+. The third-order valence-electron chi connectivity index (χ3n) is 8.27. The highest BCUT2D eigenvalue weighted by molar-refractivity contribution is 6.00. The maximum Gasteiger partial charge on any atom is 0.407 e. The van der Waals surface area contributed by atoms with Crippen LogP contribution in [-0.4, -0.2) is 59.2 Å². The summed E-state index contributed by atoms with van der Waals surface area (Å²) in [5.41, 5.74) is 3.82. The zero-order chi connectivity index (χ0) is 33.9. The standard InChI is InChI=1S/C38H46N4O5/c1-37(2,3)46-35(44)25-42(33-18-12-15-30(33)39-36(45)47-38(4,5)6)34(43)24-41-22-20-27(29-14-9-11-17-32(29)41)23-26-19-21-40(7)31-16-10-8-13-28(26)31/h8-11,13-14,16-17,19-23,30,33H,12,15,18,24-25H2,1-7H3/p+1/t30-,33-/m0/s1. The summed E-state index contributed by atoms with van der Waals surface area (Å²) in [6, 6.07) is 17.7. The maximum absolute atomic E-state index is 14.2. The summed E-state index contributed by atoms with van der Waals surface area (Å²) in [4.78, 5) is 43.5. The van der Waals surface area contributed by atoms with Crippen LogP contribution in [0.3, 0.4) is 0 Å².